The zero-order valence-electron chi connectivity index (χ0n) is 13.5. The number of nitrogens with zero attached hydrogens (tertiary/aromatic N) is 2. The highest BCUT2D eigenvalue weighted by Crippen LogP contribution is 2.34. The molecule has 3 rings (SSSR count). The van der Waals surface area contributed by atoms with Gasteiger partial charge in [0.25, 0.3) is 0 Å². The van der Waals surface area contributed by atoms with Crippen molar-refractivity contribution >= 4 is 16.9 Å². The monoisotopic (exact) mass is 301 g/mol. The number of hydrogen-bond donors (Lipinski definition) is 1. The minimum absolute atomic E-state index is 0.274. The van der Waals surface area contributed by atoms with E-state index in [9.17, 15) is 4.79 Å². The van der Waals surface area contributed by atoms with Crippen molar-refractivity contribution in [1.82, 2.24) is 9.47 Å². The number of hydrogen-bond acceptors (Lipinski definition) is 4. The van der Waals surface area contributed by atoms with Gasteiger partial charge in [-0.15, -0.1) is 0 Å². The molecule has 0 saturated heterocycles. The lowest BCUT2D eigenvalue weighted by Crippen LogP contribution is -2.27. The molecule has 2 aromatic rings. The van der Waals surface area contributed by atoms with Crippen LogP contribution in [0.4, 0.5) is 0 Å². The Kier molecular flexibility index (Phi) is 3.93. The van der Waals surface area contributed by atoms with Crippen LogP contribution >= 0.6 is 0 Å². The molecular formula is C17H23N3O2. The summed E-state index contributed by atoms with van der Waals surface area (Å²) >= 11 is 0. The molecule has 22 heavy (non-hydrogen) atoms. The molecule has 118 valence electrons. The first-order chi connectivity index (χ1) is 10.6. The highest BCUT2D eigenvalue weighted by atomic mass is 16.5. The predicted molar refractivity (Wildman–Crippen MR) is 87.1 cm³/mol. The van der Waals surface area contributed by atoms with Gasteiger partial charge < -0.3 is 19.9 Å². The Hall–Kier alpha value is -1.85. The quantitative estimate of drug-likeness (QED) is 0.876. The number of esters is 1. The van der Waals surface area contributed by atoms with Gasteiger partial charge in [-0.3, -0.25) is 0 Å². The summed E-state index contributed by atoms with van der Waals surface area (Å²) in [6, 6.07) is 4.14. The minimum atomic E-state index is -0.274. The van der Waals surface area contributed by atoms with E-state index in [4.69, 9.17) is 10.5 Å². The third kappa shape index (κ3) is 2.21. The Bertz CT molecular complexity index is 733. The maximum Gasteiger partial charge on any atom is 0.340 e. The Balaban J connectivity index is 2.36. The van der Waals surface area contributed by atoms with Crippen LogP contribution in [0.5, 0.6) is 0 Å². The zero-order chi connectivity index (χ0) is 15.9. The van der Waals surface area contributed by atoms with Crippen molar-refractivity contribution in [2.45, 2.75) is 26.4 Å². The zero-order valence-corrected chi connectivity index (χ0v) is 13.5. The smallest absolute Gasteiger partial charge is 0.340 e. The number of fused-ring (bicyclic) bond motifs is 3. The highest BCUT2D eigenvalue weighted by Gasteiger charge is 2.26. The highest BCUT2D eigenvalue weighted by molar-refractivity contribution is 6.06. The summed E-state index contributed by atoms with van der Waals surface area (Å²) in [6.07, 6.45) is 0.986. The average Bonchev–Trinajstić information content (AvgIpc) is 2.80. The van der Waals surface area contributed by atoms with Crippen LogP contribution in [0.25, 0.3) is 10.9 Å². The summed E-state index contributed by atoms with van der Waals surface area (Å²) in [5, 5.41) is 1.15. The minimum Gasteiger partial charge on any atom is -0.465 e. The van der Waals surface area contributed by atoms with Crippen molar-refractivity contribution in [3.63, 3.8) is 0 Å². The van der Waals surface area contributed by atoms with Gasteiger partial charge in [0.1, 0.15) is 0 Å². The summed E-state index contributed by atoms with van der Waals surface area (Å²) < 4.78 is 7.25. The number of nitrogens with two attached hydrogens (primary N) is 1. The van der Waals surface area contributed by atoms with Gasteiger partial charge in [-0.1, -0.05) is 12.1 Å². The van der Waals surface area contributed by atoms with Crippen LogP contribution in [0.15, 0.2) is 12.1 Å². The molecule has 5 nitrogen and oxygen atoms in total. The van der Waals surface area contributed by atoms with Gasteiger partial charge >= 0.3 is 5.97 Å². The number of methoxy groups -OCH3 is 1. The molecule has 1 aromatic carbocycles. The van der Waals surface area contributed by atoms with E-state index >= 15 is 0 Å². The number of ether oxygens (including phenoxy) is 1. The summed E-state index contributed by atoms with van der Waals surface area (Å²) in [7, 11) is 3.56. The molecule has 0 bridgehead atoms. The van der Waals surface area contributed by atoms with Gasteiger partial charge in [0.15, 0.2) is 0 Å². The average molecular weight is 301 g/mol. The van der Waals surface area contributed by atoms with E-state index in [0.29, 0.717) is 12.1 Å². The molecule has 0 radical (unpaired) electrons. The summed E-state index contributed by atoms with van der Waals surface area (Å²) in [5.74, 6) is -0.274. The fourth-order valence-corrected chi connectivity index (χ4v) is 3.51. The van der Waals surface area contributed by atoms with Crippen molar-refractivity contribution in [2.75, 3.05) is 27.2 Å². The third-order valence-corrected chi connectivity index (χ3v) is 4.56. The van der Waals surface area contributed by atoms with E-state index in [2.05, 4.69) is 22.6 Å². The Morgan fingerprint density at radius 1 is 1.41 bits per heavy atom. The van der Waals surface area contributed by atoms with Gasteiger partial charge in [-0.05, 0) is 25.1 Å². The number of aryl methyl sites for hydroxylation is 1. The lowest BCUT2D eigenvalue weighted by molar-refractivity contribution is 0.0601. The third-order valence-electron chi connectivity index (χ3n) is 4.56. The summed E-state index contributed by atoms with van der Waals surface area (Å²) in [5.41, 5.74) is 11.1. The van der Waals surface area contributed by atoms with Gasteiger partial charge in [-0.2, -0.15) is 0 Å². The van der Waals surface area contributed by atoms with E-state index in [1.807, 2.05) is 13.0 Å². The standard InChI is InChI=1S/C17H23N3O2/c1-11-4-5-12-13-10-19(2)8-6-14(13)20(9-7-18)16(12)15(11)17(21)22-3/h4-5H,6-10,18H2,1-3H3. The molecule has 2 N–H and O–H groups in total. The van der Waals surface area contributed by atoms with E-state index < -0.39 is 0 Å². The molecule has 0 amide bonds. The molecule has 2 heterocycles. The van der Waals surface area contributed by atoms with Gasteiger partial charge in [0.05, 0.1) is 18.2 Å². The fraction of sp³-hybridized carbons (Fsp3) is 0.471. The second kappa shape index (κ2) is 5.74. The summed E-state index contributed by atoms with van der Waals surface area (Å²) in [4.78, 5) is 14.6. The number of aromatic nitrogens is 1. The van der Waals surface area contributed by atoms with E-state index in [-0.39, 0.29) is 5.97 Å². The normalized spacial score (nSPS) is 15.1. The van der Waals surface area contributed by atoms with Crippen LogP contribution in [0.1, 0.15) is 27.2 Å². The van der Waals surface area contributed by atoms with Gasteiger partial charge in [0.2, 0.25) is 0 Å². The molecule has 0 atom stereocenters. The van der Waals surface area contributed by atoms with E-state index in [1.54, 1.807) is 0 Å². The molecule has 0 aliphatic carbocycles. The number of carbonyl (C=O) groups is 1. The summed E-state index contributed by atoms with van der Waals surface area (Å²) in [6.45, 7) is 5.17. The number of carbonyl (C=O) groups excluding carboxylic acids is 1. The lowest BCUT2D eigenvalue weighted by atomic mass is 10.0. The van der Waals surface area contributed by atoms with Crippen molar-refractivity contribution in [3.05, 3.63) is 34.5 Å². The van der Waals surface area contributed by atoms with Gasteiger partial charge in [-0.25, -0.2) is 4.79 Å². The first-order valence-electron chi connectivity index (χ1n) is 7.69. The van der Waals surface area contributed by atoms with Gasteiger partial charge in [0, 0.05) is 43.7 Å². The molecule has 0 saturated carbocycles. The topological polar surface area (TPSA) is 60.5 Å². The second-order valence-corrected chi connectivity index (χ2v) is 6.00. The molecule has 1 aromatic heterocycles. The molecule has 5 heteroatoms. The van der Waals surface area contributed by atoms with E-state index in [0.717, 1.165) is 42.5 Å². The molecule has 0 spiro atoms. The lowest BCUT2D eigenvalue weighted by Gasteiger charge is -2.24. The molecule has 0 fully saturated rings. The number of rotatable bonds is 3. The van der Waals surface area contributed by atoms with Crippen molar-refractivity contribution in [1.29, 1.82) is 0 Å². The molecular weight excluding hydrogens is 278 g/mol. The first-order valence-corrected chi connectivity index (χ1v) is 7.69. The Morgan fingerprint density at radius 2 is 2.18 bits per heavy atom. The van der Waals surface area contributed by atoms with Crippen LogP contribution in [-0.4, -0.2) is 42.7 Å². The molecule has 1 aliphatic heterocycles. The Labute approximate surface area is 130 Å². The predicted octanol–water partition coefficient (Wildman–Crippen LogP) is 1.68. The van der Waals surface area contributed by atoms with Crippen LogP contribution < -0.4 is 5.73 Å². The van der Waals surface area contributed by atoms with Crippen LogP contribution in [0.2, 0.25) is 0 Å². The van der Waals surface area contributed by atoms with Crippen molar-refractivity contribution in [2.24, 2.45) is 5.73 Å². The van der Waals surface area contributed by atoms with Crippen LogP contribution in [-0.2, 0) is 24.2 Å². The molecule has 0 unspecified atom stereocenters. The maximum atomic E-state index is 12.3. The van der Waals surface area contributed by atoms with Crippen molar-refractivity contribution < 1.29 is 9.53 Å². The van der Waals surface area contributed by atoms with E-state index in [1.165, 1.54) is 18.4 Å². The fourth-order valence-electron chi connectivity index (χ4n) is 3.51. The SMILES string of the molecule is COC(=O)c1c(C)ccc2c3c(n(CCN)c12)CCN(C)C3. The van der Waals surface area contributed by atoms with Crippen LogP contribution in [0.3, 0.4) is 0 Å². The van der Waals surface area contributed by atoms with Crippen LogP contribution in [0, 0.1) is 6.92 Å². The first kappa shape index (κ1) is 15.1. The largest absolute Gasteiger partial charge is 0.465 e. The number of likely N-dealkylation sites (N-methyl/N-ethyl adjacent to an activating group) is 1. The maximum absolute atomic E-state index is 12.3. The van der Waals surface area contributed by atoms with Crippen molar-refractivity contribution in [3.8, 4) is 0 Å². The molecule has 1 aliphatic rings. The second-order valence-electron chi connectivity index (χ2n) is 6.00. The Morgan fingerprint density at radius 3 is 2.86 bits per heavy atom. The number of benzene rings is 1.